The van der Waals surface area contributed by atoms with E-state index < -0.39 is 10.8 Å². The summed E-state index contributed by atoms with van der Waals surface area (Å²) in [7, 11) is 0. The van der Waals surface area contributed by atoms with Crippen LogP contribution >= 0.6 is 0 Å². The van der Waals surface area contributed by atoms with Crippen LogP contribution < -0.4 is 5.43 Å². The molecule has 142 valence electrons. The molecule has 1 heterocycles. The topological polar surface area (TPSA) is 89.5 Å². The highest BCUT2D eigenvalue weighted by atomic mass is 16.6. The number of carbonyl (C=O) groups is 1. The Kier molecular flexibility index (Phi) is 5.35. The van der Waals surface area contributed by atoms with Gasteiger partial charge in [0.1, 0.15) is 0 Å². The third kappa shape index (κ3) is 3.98. The molecule has 28 heavy (non-hydrogen) atoms. The molecule has 7 heteroatoms. The lowest BCUT2D eigenvalue weighted by Crippen LogP contribution is -2.17. The maximum atomic E-state index is 12.1. The predicted octanol–water partition coefficient (Wildman–Crippen LogP) is 4.07. The highest BCUT2D eigenvalue weighted by Gasteiger charge is 2.11. The molecule has 0 unspecified atom stereocenters. The predicted molar refractivity (Wildman–Crippen MR) is 108 cm³/mol. The minimum Gasteiger partial charge on any atom is -0.318 e. The maximum absolute atomic E-state index is 12.1. The van der Waals surface area contributed by atoms with E-state index in [-0.39, 0.29) is 5.69 Å². The molecule has 0 fully saturated rings. The van der Waals surface area contributed by atoms with Crippen LogP contribution in [-0.2, 0) is 0 Å². The van der Waals surface area contributed by atoms with E-state index in [1.165, 1.54) is 29.8 Å². The fraction of sp³-hybridized carbons (Fsp3) is 0.143. The minimum atomic E-state index is -0.510. The highest BCUT2D eigenvalue weighted by molar-refractivity contribution is 5.95. The van der Waals surface area contributed by atoms with Gasteiger partial charge in [-0.1, -0.05) is 17.7 Å². The standard InChI is InChI=1S/C21H20N4O3/c1-14-4-8-19(9-5-14)24-15(2)12-18(16(24)3)13-22-23-21(26)17-6-10-20(11-7-17)25(27)28/h4-13H,1-3H3,(H,23,26)/b22-13-. The molecule has 0 aliphatic heterocycles. The van der Waals surface area contributed by atoms with Gasteiger partial charge < -0.3 is 4.57 Å². The first kappa shape index (κ1) is 19.0. The largest absolute Gasteiger partial charge is 0.318 e. The van der Waals surface area contributed by atoms with Crippen LogP contribution in [0.5, 0.6) is 0 Å². The molecule has 0 radical (unpaired) electrons. The van der Waals surface area contributed by atoms with Crippen molar-refractivity contribution >= 4 is 17.8 Å². The van der Waals surface area contributed by atoms with Crippen LogP contribution in [0.1, 0.15) is 32.9 Å². The molecule has 0 atom stereocenters. The number of amides is 1. The Morgan fingerprint density at radius 3 is 2.32 bits per heavy atom. The van der Waals surface area contributed by atoms with Crippen LogP contribution in [-0.4, -0.2) is 21.6 Å². The van der Waals surface area contributed by atoms with E-state index in [0.717, 1.165) is 22.6 Å². The van der Waals surface area contributed by atoms with Crippen molar-refractivity contribution < 1.29 is 9.72 Å². The van der Waals surface area contributed by atoms with Gasteiger partial charge in [-0.3, -0.25) is 14.9 Å². The number of nitro benzene ring substituents is 1. The van der Waals surface area contributed by atoms with Gasteiger partial charge in [-0.05, 0) is 51.1 Å². The number of carbonyl (C=O) groups excluding carboxylic acids is 1. The summed E-state index contributed by atoms with van der Waals surface area (Å²) in [6.45, 7) is 6.05. The first-order chi connectivity index (χ1) is 13.4. The number of hydrogen-bond donors (Lipinski definition) is 1. The number of aryl methyl sites for hydroxylation is 2. The van der Waals surface area contributed by atoms with Crippen molar-refractivity contribution in [3.63, 3.8) is 0 Å². The van der Waals surface area contributed by atoms with Crippen LogP contribution in [0.3, 0.4) is 0 Å². The van der Waals surface area contributed by atoms with E-state index >= 15 is 0 Å². The normalized spacial score (nSPS) is 11.0. The lowest BCUT2D eigenvalue weighted by atomic mass is 10.2. The number of nitrogens with one attached hydrogen (secondary N) is 1. The Morgan fingerprint density at radius 1 is 1.07 bits per heavy atom. The summed E-state index contributed by atoms with van der Waals surface area (Å²) in [5.74, 6) is -0.432. The molecule has 3 rings (SSSR count). The zero-order chi connectivity index (χ0) is 20.3. The van der Waals surface area contributed by atoms with Crippen molar-refractivity contribution in [3.05, 3.63) is 92.8 Å². The summed E-state index contributed by atoms with van der Waals surface area (Å²) in [6, 6.07) is 15.6. The molecule has 2 aromatic carbocycles. The number of aromatic nitrogens is 1. The Labute approximate surface area is 162 Å². The molecule has 3 aromatic rings. The van der Waals surface area contributed by atoms with Crippen molar-refractivity contribution in [2.75, 3.05) is 0 Å². The highest BCUT2D eigenvalue weighted by Crippen LogP contribution is 2.20. The van der Waals surface area contributed by atoms with Gasteiger partial charge in [-0.2, -0.15) is 5.10 Å². The quantitative estimate of drug-likeness (QED) is 0.413. The Bertz CT molecular complexity index is 1050. The Hall–Kier alpha value is -3.74. The number of hydrazone groups is 1. The fourth-order valence-corrected chi connectivity index (χ4v) is 2.97. The molecule has 1 N–H and O–H groups in total. The van der Waals surface area contributed by atoms with Crippen molar-refractivity contribution in [2.24, 2.45) is 5.10 Å². The molecular weight excluding hydrogens is 356 g/mol. The van der Waals surface area contributed by atoms with Gasteiger partial charge in [0.2, 0.25) is 0 Å². The molecular formula is C21H20N4O3. The molecule has 0 bridgehead atoms. The zero-order valence-corrected chi connectivity index (χ0v) is 15.8. The third-order valence-electron chi connectivity index (χ3n) is 4.47. The maximum Gasteiger partial charge on any atom is 0.271 e. The monoisotopic (exact) mass is 376 g/mol. The SMILES string of the molecule is Cc1ccc(-n2c(C)cc(/C=N\NC(=O)c3ccc([N+](=O)[O-])cc3)c2C)cc1. The average Bonchev–Trinajstić information content (AvgIpc) is 2.96. The number of benzene rings is 2. The lowest BCUT2D eigenvalue weighted by molar-refractivity contribution is -0.384. The summed E-state index contributed by atoms with van der Waals surface area (Å²) >= 11 is 0. The molecule has 1 aromatic heterocycles. The molecule has 1 amide bonds. The number of nitrogens with zero attached hydrogens (tertiary/aromatic N) is 3. The van der Waals surface area contributed by atoms with Crippen molar-refractivity contribution in [3.8, 4) is 5.69 Å². The second-order valence-corrected chi connectivity index (χ2v) is 6.50. The fourth-order valence-electron chi connectivity index (χ4n) is 2.97. The lowest BCUT2D eigenvalue weighted by Gasteiger charge is -2.09. The third-order valence-corrected chi connectivity index (χ3v) is 4.47. The molecule has 0 aliphatic carbocycles. The van der Waals surface area contributed by atoms with E-state index in [4.69, 9.17) is 0 Å². The second-order valence-electron chi connectivity index (χ2n) is 6.50. The van der Waals surface area contributed by atoms with Gasteiger partial charge in [0.05, 0.1) is 11.1 Å². The van der Waals surface area contributed by atoms with Crippen molar-refractivity contribution in [2.45, 2.75) is 20.8 Å². The smallest absolute Gasteiger partial charge is 0.271 e. The van der Waals surface area contributed by atoms with Crippen LogP contribution in [0, 0.1) is 30.9 Å². The van der Waals surface area contributed by atoms with E-state index in [0.29, 0.717) is 5.56 Å². The number of non-ortho nitro benzene ring substituents is 1. The summed E-state index contributed by atoms with van der Waals surface area (Å²) in [6.07, 6.45) is 1.59. The minimum absolute atomic E-state index is 0.0661. The van der Waals surface area contributed by atoms with E-state index in [9.17, 15) is 14.9 Å². The van der Waals surface area contributed by atoms with Crippen molar-refractivity contribution in [1.82, 2.24) is 9.99 Å². The average molecular weight is 376 g/mol. The summed E-state index contributed by atoms with van der Waals surface area (Å²) in [4.78, 5) is 22.3. The Morgan fingerprint density at radius 2 is 1.71 bits per heavy atom. The van der Waals surface area contributed by atoms with Gasteiger partial charge in [0.15, 0.2) is 0 Å². The first-order valence-electron chi connectivity index (χ1n) is 8.70. The van der Waals surface area contributed by atoms with Crippen LogP contribution in [0.4, 0.5) is 5.69 Å². The second kappa shape index (κ2) is 7.87. The molecule has 0 saturated carbocycles. The number of nitro groups is 1. The van der Waals surface area contributed by atoms with Gasteiger partial charge in [-0.25, -0.2) is 5.43 Å². The van der Waals surface area contributed by atoms with E-state index in [1.807, 2.05) is 26.8 Å². The Balaban J connectivity index is 1.74. The van der Waals surface area contributed by atoms with Crippen LogP contribution in [0.2, 0.25) is 0 Å². The van der Waals surface area contributed by atoms with Crippen LogP contribution in [0.25, 0.3) is 5.69 Å². The summed E-state index contributed by atoms with van der Waals surface area (Å²) in [5.41, 5.74) is 7.90. The van der Waals surface area contributed by atoms with Gasteiger partial charge in [0.25, 0.3) is 11.6 Å². The molecule has 0 saturated heterocycles. The number of hydrogen-bond acceptors (Lipinski definition) is 4. The molecule has 0 aliphatic rings. The van der Waals surface area contributed by atoms with Crippen LogP contribution in [0.15, 0.2) is 59.7 Å². The number of rotatable bonds is 5. The summed E-state index contributed by atoms with van der Waals surface area (Å²) < 4.78 is 2.12. The molecule has 0 spiro atoms. The van der Waals surface area contributed by atoms with Crippen molar-refractivity contribution in [1.29, 1.82) is 0 Å². The van der Waals surface area contributed by atoms with Gasteiger partial charge in [-0.15, -0.1) is 0 Å². The zero-order valence-electron chi connectivity index (χ0n) is 15.8. The van der Waals surface area contributed by atoms with E-state index in [2.05, 4.69) is 39.4 Å². The molecule has 7 nitrogen and oxygen atoms in total. The van der Waals surface area contributed by atoms with Gasteiger partial charge >= 0.3 is 0 Å². The summed E-state index contributed by atoms with van der Waals surface area (Å²) in [5, 5.41) is 14.7. The first-order valence-corrected chi connectivity index (χ1v) is 8.70. The van der Waals surface area contributed by atoms with Gasteiger partial charge in [0, 0.05) is 40.3 Å². The van der Waals surface area contributed by atoms with E-state index in [1.54, 1.807) is 6.21 Å².